The minimum atomic E-state index is -0.995. The zero-order chi connectivity index (χ0) is 29.1. The number of imidazole rings is 1. The Morgan fingerprint density at radius 2 is 1.48 bits per heavy atom. The van der Waals surface area contributed by atoms with E-state index in [0.717, 1.165) is 36.8 Å². The topological polar surface area (TPSA) is 126 Å². The number of pyridine rings is 1. The molecule has 6 rings (SSSR count). The molecule has 5 aromatic rings. The summed E-state index contributed by atoms with van der Waals surface area (Å²) in [6.45, 7) is 0. The summed E-state index contributed by atoms with van der Waals surface area (Å²) in [5, 5.41) is 15.3. The lowest BCUT2D eigenvalue weighted by molar-refractivity contribution is 0.0696. The lowest BCUT2D eigenvalue weighted by Gasteiger charge is -2.25. The van der Waals surface area contributed by atoms with Crippen molar-refractivity contribution in [1.29, 1.82) is 0 Å². The molecule has 0 saturated heterocycles. The van der Waals surface area contributed by atoms with E-state index in [2.05, 4.69) is 20.2 Å². The van der Waals surface area contributed by atoms with Crippen molar-refractivity contribution in [3.8, 4) is 11.4 Å². The van der Waals surface area contributed by atoms with Gasteiger partial charge in [-0.3, -0.25) is 14.6 Å². The highest BCUT2D eigenvalue weighted by molar-refractivity contribution is 6.06. The minimum Gasteiger partial charge on any atom is -0.478 e. The molecule has 0 atom stereocenters. The zero-order valence-electron chi connectivity index (χ0n) is 22.8. The van der Waals surface area contributed by atoms with Crippen LogP contribution >= 0.6 is 0 Å². The van der Waals surface area contributed by atoms with E-state index in [9.17, 15) is 19.5 Å². The summed E-state index contributed by atoms with van der Waals surface area (Å²) in [5.41, 5.74) is 4.43. The number of hydrogen-bond acceptors (Lipinski definition) is 5. The molecule has 1 fully saturated rings. The maximum absolute atomic E-state index is 13.3. The third-order valence-corrected chi connectivity index (χ3v) is 7.56. The first-order chi connectivity index (χ1) is 20.5. The maximum Gasteiger partial charge on any atom is 0.335 e. The van der Waals surface area contributed by atoms with E-state index >= 15 is 0 Å². The second-order valence-electron chi connectivity index (χ2n) is 10.4. The molecule has 9 nitrogen and oxygen atoms in total. The van der Waals surface area contributed by atoms with Crippen LogP contribution in [0.25, 0.3) is 22.4 Å². The Balaban J connectivity index is 1.27. The molecule has 1 aliphatic rings. The van der Waals surface area contributed by atoms with Gasteiger partial charge >= 0.3 is 5.97 Å². The number of fused-ring (bicyclic) bond motifs is 1. The summed E-state index contributed by atoms with van der Waals surface area (Å²) in [6, 6.07) is 22.9. The summed E-state index contributed by atoms with van der Waals surface area (Å²) >= 11 is 0. The van der Waals surface area contributed by atoms with Gasteiger partial charge < -0.3 is 20.3 Å². The Morgan fingerprint density at radius 1 is 0.762 bits per heavy atom. The molecule has 2 amide bonds. The number of anilines is 2. The van der Waals surface area contributed by atoms with Crippen LogP contribution in [0.15, 0.2) is 91.3 Å². The number of aromatic carboxylic acids is 1. The largest absolute Gasteiger partial charge is 0.478 e. The fourth-order valence-corrected chi connectivity index (χ4v) is 5.52. The van der Waals surface area contributed by atoms with Gasteiger partial charge in [0.1, 0.15) is 5.82 Å². The number of carboxylic acid groups (broad SMARTS) is 1. The molecule has 0 radical (unpaired) electrons. The average molecular weight is 560 g/mol. The fraction of sp³-hybridized carbons (Fsp3) is 0.182. The summed E-state index contributed by atoms with van der Waals surface area (Å²) < 4.78 is 2.21. The van der Waals surface area contributed by atoms with Crippen LogP contribution in [0.2, 0.25) is 0 Å². The number of carboxylic acids is 1. The molecule has 0 unspecified atom stereocenters. The van der Waals surface area contributed by atoms with Crippen LogP contribution < -0.4 is 10.6 Å². The van der Waals surface area contributed by atoms with Crippen molar-refractivity contribution < 1.29 is 19.5 Å². The quantitative estimate of drug-likeness (QED) is 0.201. The number of hydrogen-bond donors (Lipinski definition) is 3. The molecule has 2 aromatic heterocycles. The molecular weight excluding hydrogens is 530 g/mol. The van der Waals surface area contributed by atoms with E-state index in [-0.39, 0.29) is 23.4 Å². The normalized spacial score (nSPS) is 13.5. The summed E-state index contributed by atoms with van der Waals surface area (Å²) in [6.07, 6.45) is 8.58. The summed E-state index contributed by atoms with van der Waals surface area (Å²) in [7, 11) is 0. The zero-order valence-corrected chi connectivity index (χ0v) is 22.8. The fourth-order valence-electron chi connectivity index (χ4n) is 5.52. The molecule has 210 valence electrons. The highest BCUT2D eigenvalue weighted by atomic mass is 16.4. The predicted octanol–water partition coefficient (Wildman–Crippen LogP) is 6.81. The van der Waals surface area contributed by atoms with Crippen LogP contribution in [0.5, 0.6) is 0 Å². The molecule has 2 heterocycles. The molecule has 0 aliphatic heterocycles. The first-order valence-corrected chi connectivity index (χ1v) is 13.9. The molecule has 9 heteroatoms. The molecule has 0 spiro atoms. The van der Waals surface area contributed by atoms with Crippen molar-refractivity contribution in [2.24, 2.45) is 0 Å². The maximum atomic E-state index is 13.3. The van der Waals surface area contributed by atoms with Gasteiger partial charge in [-0.1, -0.05) is 37.5 Å². The molecule has 3 aromatic carbocycles. The van der Waals surface area contributed by atoms with E-state index in [1.807, 2.05) is 24.3 Å². The van der Waals surface area contributed by atoms with Gasteiger partial charge in [-0.05, 0) is 73.5 Å². The van der Waals surface area contributed by atoms with E-state index < -0.39 is 5.97 Å². The second-order valence-corrected chi connectivity index (χ2v) is 10.4. The number of carbonyl (C=O) groups is 3. The molecule has 1 aliphatic carbocycles. The van der Waals surface area contributed by atoms with Crippen molar-refractivity contribution in [2.45, 2.75) is 38.1 Å². The Morgan fingerprint density at radius 3 is 2.19 bits per heavy atom. The Bertz CT molecular complexity index is 1790. The van der Waals surface area contributed by atoms with E-state index in [0.29, 0.717) is 33.8 Å². The lowest BCUT2D eigenvalue weighted by atomic mass is 9.94. The molecule has 0 bridgehead atoms. The van der Waals surface area contributed by atoms with Gasteiger partial charge in [-0.15, -0.1) is 0 Å². The van der Waals surface area contributed by atoms with Gasteiger partial charge in [0.15, 0.2) is 0 Å². The second kappa shape index (κ2) is 11.7. The van der Waals surface area contributed by atoms with Gasteiger partial charge in [-0.25, -0.2) is 9.78 Å². The van der Waals surface area contributed by atoms with Crippen LogP contribution in [0.4, 0.5) is 11.4 Å². The van der Waals surface area contributed by atoms with Crippen molar-refractivity contribution in [3.05, 3.63) is 108 Å². The third-order valence-electron chi connectivity index (χ3n) is 7.56. The Kier molecular flexibility index (Phi) is 7.47. The minimum absolute atomic E-state index is 0.189. The number of carbonyl (C=O) groups excluding carboxylic acids is 2. The SMILES string of the molecule is O=C(O)c1ccc2c(c1)nc(-c1cccc(C(=O)Nc3cccc(NC(=O)c4cccnc4)c3)c1)n2C1CCCCC1. The van der Waals surface area contributed by atoms with Crippen molar-refractivity contribution in [1.82, 2.24) is 14.5 Å². The van der Waals surface area contributed by atoms with Crippen molar-refractivity contribution in [2.75, 3.05) is 10.6 Å². The van der Waals surface area contributed by atoms with Crippen molar-refractivity contribution >= 4 is 40.2 Å². The number of benzene rings is 3. The van der Waals surface area contributed by atoms with Crippen molar-refractivity contribution in [3.63, 3.8) is 0 Å². The highest BCUT2D eigenvalue weighted by Crippen LogP contribution is 2.36. The predicted molar refractivity (Wildman–Crippen MR) is 161 cm³/mol. The van der Waals surface area contributed by atoms with Crippen LogP contribution in [0.1, 0.15) is 69.2 Å². The molecule has 3 N–H and O–H groups in total. The number of nitrogens with one attached hydrogen (secondary N) is 2. The van der Waals surface area contributed by atoms with Crippen LogP contribution in [0, 0.1) is 0 Å². The average Bonchev–Trinajstić information content (AvgIpc) is 3.41. The van der Waals surface area contributed by atoms with Gasteiger partial charge in [0, 0.05) is 40.9 Å². The monoisotopic (exact) mass is 559 g/mol. The first kappa shape index (κ1) is 26.9. The first-order valence-electron chi connectivity index (χ1n) is 13.9. The Labute approximate surface area is 242 Å². The number of nitrogens with zero attached hydrogens (tertiary/aromatic N) is 3. The third kappa shape index (κ3) is 5.62. The molecule has 42 heavy (non-hydrogen) atoms. The number of aromatic nitrogens is 3. The summed E-state index contributed by atoms with van der Waals surface area (Å²) in [5.74, 6) is -0.879. The van der Waals surface area contributed by atoms with Gasteiger partial charge in [-0.2, -0.15) is 0 Å². The van der Waals surface area contributed by atoms with Crippen LogP contribution in [0.3, 0.4) is 0 Å². The molecule has 1 saturated carbocycles. The smallest absolute Gasteiger partial charge is 0.335 e. The Hall–Kier alpha value is -5.31. The number of rotatable bonds is 7. The highest BCUT2D eigenvalue weighted by Gasteiger charge is 2.23. The van der Waals surface area contributed by atoms with E-state index in [4.69, 9.17) is 4.98 Å². The van der Waals surface area contributed by atoms with Crippen LogP contribution in [-0.4, -0.2) is 37.4 Å². The lowest BCUT2D eigenvalue weighted by Crippen LogP contribution is -2.15. The van der Waals surface area contributed by atoms with Gasteiger partial charge in [0.05, 0.1) is 22.2 Å². The summed E-state index contributed by atoms with van der Waals surface area (Å²) in [4.78, 5) is 46.3. The van der Waals surface area contributed by atoms with E-state index in [1.54, 1.807) is 60.8 Å². The molecular formula is C33H29N5O4. The van der Waals surface area contributed by atoms with E-state index in [1.165, 1.54) is 12.6 Å². The number of amides is 2. The van der Waals surface area contributed by atoms with Crippen LogP contribution in [-0.2, 0) is 0 Å². The van der Waals surface area contributed by atoms with Gasteiger partial charge in [0.25, 0.3) is 11.8 Å². The standard InChI is InChI=1S/C33H29N5O4/c39-31(35-25-10-5-11-26(19-25)36-32(40)24-9-6-16-34-20-24)22-8-4-7-21(17-22)30-37-28-18-23(33(41)42)14-15-29(28)38(30)27-12-2-1-3-13-27/h4-11,14-20,27H,1-3,12-13H2,(H,35,39)(H,36,40)(H,41,42). The van der Waals surface area contributed by atoms with Gasteiger partial charge in [0.2, 0.25) is 0 Å².